The topological polar surface area (TPSA) is 25.2 Å². The molecule has 0 amide bonds. The van der Waals surface area contributed by atoms with Crippen LogP contribution in [0.5, 0.6) is 0 Å². The van der Waals surface area contributed by atoms with E-state index in [0.29, 0.717) is 6.54 Å². The van der Waals surface area contributed by atoms with Crippen LogP contribution in [0.25, 0.3) is 5.69 Å². The standard InChI is InChI=1S/C17H22N2O/c1-5-18(4)12-17(20)16-11-13(2)19(14(16)3)15-9-7-6-8-10-15/h6-11H,5,12H2,1-4H3. The van der Waals surface area contributed by atoms with E-state index in [2.05, 4.69) is 23.6 Å². The fourth-order valence-electron chi connectivity index (χ4n) is 2.46. The highest BCUT2D eigenvalue weighted by molar-refractivity contribution is 5.99. The van der Waals surface area contributed by atoms with Gasteiger partial charge in [-0.3, -0.25) is 9.69 Å². The number of para-hydroxylation sites is 1. The van der Waals surface area contributed by atoms with Gasteiger partial charge in [0.2, 0.25) is 0 Å². The van der Waals surface area contributed by atoms with Gasteiger partial charge in [0, 0.05) is 22.6 Å². The van der Waals surface area contributed by atoms with E-state index in [4.69, 9.17) is 0 Å². The maximum Gasteiger partial charge on any atom is 0.178 e. The van der Waals surface area contributed by atoms with Gasteiger partial charge in [0.15, 0.2) is 5.78 Å². The molecule has 0 spiro atoms. The van der Waals surface area contributed by atoms with Crippen LogP contribution in [0.2, 0.25) is 0 Å². The zero-order valence-corrected chi connectivity index (χ0v) is 12.7. The second-order valence-electron chi connectivity index (χ2n) is 5.21. The molecule has 0 aliphatic rings. The molecular weight excluding hydrogens is 248 g/mol. The van der Waals surface area contributed by atoms with Crippen molar-refractivity contribution < 1.29 is 4.79 Å². The lowest BCUT2D eigenvalue weighted by molar-refractivity contribution is 0.0948. The van der Waals surface area contributed by atoms with E-state index in [1.165, 1.54) is 0 Å². The van der Waals surface area contributed by atoms with Crippen LogP contribution < -0.4 is 0 Å². The van der Waals surface area contributed by atoms with Crippen molar-refractivity contribution in [2.45, 2.75) is 20.8 Å². The zero-order valence-electron chi connectivity index (χ0n) is 12.7. The number of carbonyl (C=O) groups excluding carboxylic acids is 1. The molecule has 0 radical (unpaired) electrons. The number of aromatic nitrogens is 1. The Labute approximate surface area is 120 Å². The lowest BCUT2D eigenvalue weighted by atomic mass is 10.1. The summed E-state index contributed by atoms with van der Waals surface area (Å²) >= 11 is 0. The van der Waals surface area contributed by atoms with Gasteiger partial charge in [-0.2, -0.15) is 0 Å². The Hall–Kier alpha value is -1.87. The summed E-state index contributed by atoms with van der Waals surface area (Å²) in [6.45, 7) is 7.46. The van der Waals surface area contributed by atoms with Crippen LogP contribution in [0, 0.1) is 13.8 Å². The minimum atomic E-state index is 0.185. The average Bonchev–Trinajstić information content (AvgIpc) is 2.75. The van der Waals surface area contributed by atoms with Gasteiger partial charge in [-0.15, -0.1) is 0 Å². The van der Waals surface area contributed by atoms with Crippen molar-refractivity contribution >= 4 is 5.78 Å². The third-order valence-electron chi connectivity index (χ3n) is 3.70. The lowest BCUT2D eigenvalue weighted by Gasteiger charge is -2.13. The highest BCUT2D eigenvalue weighted by atomic mass is 16.1. The minimum Gasteiger partial charge on any atom is -0.318 e. The largest absolute Gasteiger partial charge is 0.318 e. The molecule has 0 N–H and O–H groups in total. The fourth-order valence-corrected chi connectivity index (χ4v) is 2.46. The molecule has 2 aromatic rings. The first-order valence-electron chi connectivity index (χ1n) is 7.00. The first kappa shape index (κ1) is 14.5. The van der Waals surface area contributed by atoms with E-state index in [1.807, 2.05) is 50.1 Å². The fraction of sp³-hybridized carbons (Fsp3) is 0.353. The van der Waals surface area contributed by atoms with Gasteiger partial charge in [0.1, 0.15) is 0 Å². The lowest BCUT2D eigenvalue weighted by Crippen LogP contribution is -2.25. The first-order valence-corrected chi connectivity index (χ1v) is 7.00. The van der Waals surface area contributed by atoms with Crippen molar-refractivity contribution in [1.82, 2.24) is 9.47 Å². The van der Waals surface area contributed by atoms with E-state index < -0.39 is 0 Å². The van der Waals surface area contributed by atoms with Crippen molar-refractivity contribution in [2.75, 3.05) is 20.1 Å². The monoisotopic (exact) mass is 270 g/mol. The molecule has 0 fully saturated rings. The van der Waals surface area contributed by atoms with E-state index in [1.54, 1.807) is 0 Å². The number of Topliss-reactive ketones (excluding diaryl/α,β-unsaturated/α-hetero) is 1. The highest BCUT2D eigenvalue weighted by Gasteiger charge is 2.17. The molecule has 0 saturated heterocycles. The molecule has 2 rings (SSSR count). The SMILES string of the molecule is CCN(C)CC(=O)c1cc(C)n(-c2ccccc2)c1C. The summed E-state index contributed by atoms with van der Waals surface area (Å²) in [4.78, 5) is 14.4. The van der Waals surface area contributed by atoms with Crippen LogP contribution in [-0.2, 0) is 0 Å². The van der Waals surface area contributed by atoms with E-state index in [0.717, 1.165) is 29.2 Å². The van der Waals surface area contributed by atoms with Crippen LogP contribution in [0.1, 0.15) is 28.7 Å². The summed E-state index contributed by atoms with van der Waals surface area (Å²) in [7, 11) is 1.97. The quantitative estimate of drug-likeness (QED) is 0.779. The first-order chi connectivity index (χ1) is 9.54. The molecule has 0 aliphatic heterocycles. The van der Waals surface area contributed by atoms with Crippen molar-refractivity contribution in [3.63, 3.8) is 0 Å². The molecule has 106 valence electrons. The van der Waals surface area contributed by atoms with Crippen molar-refractivity contribution in [2.24, 2.45) is 0 Å². The number of ketones is 1. The van der Waals surface area contributed by atoms with Gasteiger partial charge >= 0.3 is 0 Å². The van der Waals surface area contributed by atoms with Gasteiger partial charge in [-0.05, 0) is 45.6 Å². The summed E-state index contributed by atoms with van der Waals surface area (Å²) in [5.74, 6) is 0.185. The predicted octanol–water partition coefficient (Wildman–Crippen LogP) is 3.23. The van der Waals surface area contributed by atoms with E-state index >= 15 is 0 Å². The van der Waals surface area contributed by atoms with E-state index in [-0.39, 0.29) is 5.78 Å². The van der Waals surface area contributed by atoms with E-state index in [9.17, 15) is 4.79 Å². The van der Waals surface area contributed by atoms with Gasteiger partial charge in [0.05, 0.1) is 6.54 Å². The van der Waals surface area contributed by atoms with Crippen LogP contribution in [0.15, 0.2) is 36.4 Å². The van der Waals surface area contributed by atoms with Crippen molar-refractivity contribution in [1.29, 1.82) is 0 Å². The smallest absolute Gasteiger partial charge is 0.178 e. The Bertz CT molecular complexity index is 599. The molecule has 3 heteroatoms. The Morgan fingerprint density at radius 1 is 1.20 bits per heavy atom. The summed E-state index contributed by atoms with van der Waals surface area (Å²) in [6, 6.07) is 12.1. The second kappa shape index (κ2) is 6.06. The van der Waals surface area contributed by atoms with Crippen molar-refractivity contribution in [3.8, 4) is 5.69 Å². The molecule has 0 saturated carbocycles. The minimum absolute atomic E-state index is 0.185. The van der Waals surface area contributed by atoms with Gasteiger partial charge in [-0.25, -0.2) is 0 Å². The summed E-state index contributed by atoms with van der Waals surface area (Å²) in [5.41, 5.74) is 4.04. The third kappa shape index (κ3) is 2.83. The highest BCUT2D eigenvalue weighted by Crippen LogP contribution is 2.21. The predicted molar refractivity (Wildman–Crippen MR) is 82.7 cm³/mol. The van der Waals surface area contributed by atoms with Crippen molar-refractivity contribution in [3.05, 3.63) is 53.3 Å². The number of benzene rings is 1. The Morgan fingerprint density at radius 3 is 2.45 bits per heavy atom. The number of hydrogen-bond donors (Lipinski definition) is 0. The molecule has 20 heavy (non-hydrogen) atoms. The van der Waals surface area contributed by atoms with Gasteiger partial charge < -0.3 is 4.57 Å². The maximum absolute atomic E-state index is 12.4. The maximum atomic E-state index is 12.4. The molecular formula is C17H22N2O. The number of rotatable bonds is 5. The summed E-state index contributed by atoms with van der Waals surface area (Å²) in [6.07, 6.45) is 0. The molecule has 1 aromatic heterocycles. The van der Waals surface area contributed by atoms with Crippen LogP contribution in [0.4, 0.5) is 0 Å². The number of hydrogen-bond acceptors (Lipinski definition) is 2. The number of nitrogens with zero attached hydrogens (tertiary/aromatic N) is 2. The van der Waals surface area contributed by atoms with Crippen LogP contribution in [-0.4, -0.2) is 35.4 Å². The number of aryl methyl sites for hydroxylation is 1. The zero-order chi connectivity index (χ0) is 14.7. The molecule has 3 nitrogen and oxygen atoms in total. The molecule has 0 unspecified atom stereocenters. The Morgan fingerprint density at radius 2 is 1.85 bits per heavy atom. The molecule has 0 bridgehead atoms. The molecule has 0 atom stereocenters. The van der Waals surface area contributed by atoms with Crippen LogP contribution in [0.3, 0.4) is 0 Å². The number of carbonyl (C=O) groups is 1. The third-order valence-corrected chi connectivity index (χ3v) is 3.70. The average molecular weight is 270 g/mol. The Kier molecular flexibility index (Phi) is 4.40. The second-order valence-corrected chi connectivity index (χ2v) is 5.21. The Balaban J connectivity index is 2.37. The van der Waals surface area contributed by atoms with Gasteiger partial charge in [-0.1, -0.05) is 25.1 Å². The normalized spacial score (nSPS) is 11.1. The summed E-state index contributed by atoms with van der Waals surface area (Å²) < 4.78 is 2.14. The summed E-state index contributed by atoms with van der Waals surface area (Å²) in [5, 5.41) is 0. The molecule has 1 heterocycles. The van der Waals surface area contributed by atoms with Gasteiger partial charge in [0.25, 0.3) is 0 Å². The molecule has 1 aromatic carbocycles. The number of likely N-dealkylation sites (N-methyl/N-ethyl adjacent to an activating group) is 1. The molecule has 0 aliphatic carbocycles. The van der Waals surface area contributed by atoms with Crippen LogP contribution >= 0.6 is 0 Å².